The van der Waals surface area contributed by atoms with Crippen molar-refractivity contribution in [1.82, 2.24) is 15.1 Å². The van der Waals surface area contributed by atoms with Gasteiger partial charge in [0.05, 0.1) is 20.8 Å². The second-order valence-electron chi connectivity index (χ2n) is 5.55. The molecule has 1 aliphatic rings. The van der Waals surface area contributed by atoms with Crippen LogP contribution in [0, 0.1) is 0 Å². The van der Waals surface area contributed by atoms with Crippen molar-refractivity contribution in [2.24, 2.45) is 0 Å². The molecule has 0 spiro atoms. The summed E-state index contributed by atoms with van der Waals surface area (Å²) in [5, 5.41) is 6.81. The minimum Gasteiger partial charge on any atom is -0.493 e. The number of hydrogen-bond acceptors (Lipinski definition) is 4. The van der Waals surface area contributed by atoms with E-state index in [0.29, 0.717) is 30.2 Å². The standard InChI is InChI=1S/C16H18F3N3O2/c1-23-13-4-3-10(7-14(13)24-2)9-22-12-5-6-20-8-11(12)15(21-22)16(17,18)19/h3-4,7,20H,5-6,8-9H2,1-2H3. The molecule has 3 rings (SSSR count). The molecule has 0 unspecified atom stereocenters. The quantitative estimate of drug-likeness (QED) is 0.929. The van der Waals surface area contributed by atoms with E-state index in [1.165, 1.54) is 18.9 Å². The van der Waals surface area contributed by atoms with E-state index in [4.69, 9.17) is 9.47 Å². The number of benzene rings is 1. The number of nitrogens with zero attached hydrogens (tertiary/aromatic N) is 2. The van der Waals surface area contributed by atoms with Gasteiger partial charge in [-0.3, -0.25) is 4.68 Å². The lowest BCUT2D eigenvalue weighted by molar-refractivity contribution is -0.142. The molecule has 0 aliphatic carbocycles. The van der Waals surface area contributed by atoms with Gasteiger partial charge in [-0.15, -0.1) is 0 Å². The number of methoxy groups -OCH3 is 2. The monoisotopic (exact) mass is 341 g/mol. The number of hydrogen-bond donors (Lipinski definition) is 1. The zero-order valence-corrected chi connectivity index (χ0v) is 13.4. The van der Waals surface area contributed by atoms with Gasteiger partial charge in [-0.05, 0) is 17.7 Å². The Kier molecular flexibility index (Phi) is 4.40. The lowest BCUT2D eigenvalue weighted by Crippen LogP contribution is -2.26. The third-order valence-corrected chi connectivity index (χ3v) is 4.06. The summed E-state index contributed by atoms with van der Waals surface area (Å²) in [6, 6.07) is 5.28. The van der Waals surface area contributed by atoms with Crippen LogP contribution in [0.25, 0.3) is 0 Å². The normalized spacial score (nSPS) is 14.4. The van der Waals surface area contributed by atoms with Gasteiger partial charge in [-0.25, -0.2) is 0 Å². The Bertz CT molecular complexity index is 741. The molecule has 5 nitrogen and oxygen atoms in total. The first-order chi connectivity index (χ1) is 11.4. The molecule has 0 fully saturated rings. The molecule has 8 heteroatoms. The molecule has 24 heavy (non-hydrogen) atoms. The third-order valence-electron chi connectivity index (χ3n) is 4.06. The van der Waals surface area contributed by atoms with Crippen LogP contribution in [0.3, 0.4) is 0 Å². The van der Waals surface area contributed by atoms with E-state index in [0.717, 1.165) is 5.56 Å². The molecule has 130 valence electrons. The largest absolute Gasteiger partial charge is 0.493 e. The number of alkyl halides is 3. The van der Waals surface area contributed by atoms with Gasteiger partial charge in [0.2, 0.25) is 0 Å². The summed E-state index contributed by atoms with van der Waals surface area (Å²) < 4.78 is 51.5. The highest BCUT2D eigenvalue weighted by atomic mass is 19.4. The summed E-state index contributed by atoms with van der Waals surface area (Å²) in [4.78, 5) is 0. The van der Waals surface area contributed by atoms with Crippen molar-refractivity contribution < 1.29 is 22.6 Å². The summed E-state index contributed by atoms with van der Waals surface area (Å²) in [5.74, 6) is 1.11. The minimum absolute atomic E-state index is 0.191. The van der Waals surface area contributed by atoms with Crippen molar-refractivity contribution in [3.05, 3.63) is 40.7 Å². The molecule has 0 amide bonds. The maximum Gasteiger partial charge on any atom is 0.435 e. The number of ether oxygens (including phenoxy) is 2. The molecule has 0 saturated heterocycles. The number of fused-ring (bicyclic) bond motifs is 1. The summed E-state index contributed by atoms with van der Waals surface area (Å²) in [6.07, 6.45) is -3.93. The average molecular weight is 341 g/mol. The fraction of sp³-hybridized carbons (Fsp3) is 0.438. The van der Waals surface area contributed by atoms with Crippen LogP contribution < -0.4 is 14.8 Å². The Labute approximate surface area is 137 Å². The molecule has 1 aliphatic heterocycles. The van der Waals surface area contributed by atoms with Gasteiger partial charge in [0.1, 0.15) is 0 Å². The van der Waals surface area contributed by atoms with Crippen molar-refractivity contribution in [2.75, 3.05) is 20.8 Å². The van der Waals surface area contributed by atoms with E-state index >= 15 is 0 Å². The van der Waals surface area contributed by atoms with Gasteiger partial charge < -0.3 is 14.8 Å². The predicted molar refractivity (Wildman–Crippen MR) is 81.3 cm³/mol. The van der Waals surface area contributed by atoms with Crippen LogP contribution in [-0.4, -0.2) is 30.5 Å². The fourth-order valence-corrected chi connectivity index (χ4v) is 2.93. The van der Waals surface area contributed by atoms with E-state index in [9.17, 15) is 13.2 Å². The maximum atomic E-state index is 13.2. The molecule has 2 aromatic rings. The molecule has 0 atom stereocenters. The van der Waals surface area contributed by atoms with Crippen LogP contribution in [0.4, 0.5) is 13.2 Å². The number of nitrogens with one attached hydrogen (secondary N) is 1. The lowest BCUT2D eigenvalue weighted by atomic mass is 10.1. The van der Waals surface area contributed by atoms with Gasteiger partial charge in [0, 0.05) is 30.8 Å². The van der Waals surface area contributed by atoms with Gasteiger partial charge >= 0.3 is 6.18 Å². The van der Waals surface area contributed by atoms with Crippen LogP contribution >= 0.6 is 0 Å². The maximum absolute atomic E-state index is 13.2. The molecule has 0 saturated carbocycles. The van der Waals surface area contributed by atoms with Crippen molar-refractivity contribution >= 4 is 0 Å². The van der Waals surface area contributed by atoms with E-state index in [1.54, 1.807) is 18.2 Å². The number of rotatable bonds is 4. The SMILES string of the molecule is COc1ccc(Cn2nc(C(F)(F)F)c3c2CCNC3)cc1OC. The van der Waals surface area contributed by atoms with E-state index in [1.807, 2.05) is 0 Å². The van der Waals surface area contributed by atoms with Gasteiger partial charge in [-0.1, -0.05) is 6.07 Å². The zero-order chi connectivity index (χ0) is 17.3. The Hall–Kier alpha value is -2.22. The minimum atomic E-state index is -4.45. The summed E-state index contributed by atoms with van der Waals surface area (Å²) in [6.45, 7) is 1.08. The molecule has 1 aromatic heterocycles. The van der Waals surface area contributed by atoms with Crippen LogP contribution in [0.5, 0.6) is 11.5 Å². The van der Waals surface area contributed by atoms with Gasteiger partial charge in [0.15, 0.2) is 17.2 Å². The van der Waals surface area contributed by atoms with Crippen molar-refractivity contribution in [3.8, 4) is 11.5 Å². The Balaban J connectivity index is 1.97. The van der Waals surface area contributed by atoms with Crippen molar-refractivity contribution in [1.29, 1.82) is 0 Å². The van der Waals surface area contributed by atoms with E-state index in [2.05, 4.69) is 10.4 Å². The highest BCUT2D eigenvalue weighted by Gasteiger charge is 2.39. The summed E-state index contributed by atoms with van der Waals surface area (Å²) in [5.41, 5.74) is 0.875. The molecular weight excluding hydrogens is 323 g/mol. The van der Waals surface area contributed by atoms with Gasteiger partial charge in [0.25, 0.3) is 0 Å². The number of halogens is 3. The summed E-state index contributed by atoms with van der Waals surface area (Å²) in [7, 11) is 3.05. The van der Waals surface area contributed by atoms with Crippen LogP contribution in [-0.2, 0) is 25.7 Å². The van der Waals surface area contributed by atoms with Crippen LogP contribution in [0.15, 0.2) is 18.2 Å². The molecule has 0 bridgehead atoms. The molecule has 1 aromatic carbocycles. The average Bonchev–Trinajstić information content (AvgIpc) is 2.94. The predicted octanol–water partition coefficient (Wildman–Crippen LogP) is 2.61. The van der Waals surface area contributed by atoms with Gasteiger partial charge in [-0.2, -0.15) is 18.3 Å². The number of aromatic nitrogens is 2. The highest BCUT2D eigenvalue weighted by Crippen LogP contribution is 2.34. The Morgan fingerprint density at radius 2 is 1.96 bits per heavy atom. The first-order valence-electron chi connectivity index (χ1n) is 7.51. The third kappa shape index (κ3) is 3.06. The van der Waals surface area contributed by atoms with E-state index < -0.39 is 11.9 Å². The second kappa shape index (κ2) is 6.35. The van der Waals surface area contributed by atoms with Crippen LogP contribution in [0.1, 0.15) is 22.5 Å². The first kappa shape index (κ1) is 16.6. The lowest BCUT2D eigenvalue weighted by Gasteiger charge is -2.16. The highest BCUT2D eigenvalue weighted by molar-refractivity contribution is 5.43. The zero-order valence-electron chi connectivity index (χ0n) is 13.4. The summed E-state index contributed by atoms with van der Waals surface area (Å²) >= 11 is 0. The fourth-order valence-electron chi connectivity index (χ4n) is 2.93. The molecule has 1 N–H and O–H groups in total. The first-order valence-corrected chi connectivity index (χ1v) is 7.51. The van der Waals surface area contributed by atoms with Crippen molar-refractivity contribution in [2.45, 2.75) is 25.7 Å². The Morgan fingerprint density at radius 3 is 2.62 bits per heavy atom. The molecular formula is C16H18F3N3O2. The van der Waals surface area contributed by atoms with E-state index in [-0.39, 0.29) is 18.7 Å². The second-order valence-corrected chi connectivity index (χ2v) is 5.55. The topological polar surface area (TPSA) is 48.3 Å². The molecule has 2 heterocycles. The molecule has 0 radical (unpaired) electrons. The Morgan fingerprint density at radius 1 is 1.21 bits per heavy atom. The van der Waals surface area contributed by atoms with Crippen LogP contribution in [0.2, 0.25) is 0 Å². The van der Waals surface area contributed by atoms with Crippen molar-refractivity contribution in [3.63, 3.8) is 0 Å². The smallest absolute Gasteiger partial charge is 0.435 e.